The van der Waals surface area contributed by atoms with Crippen molar-refractivity contribution in [3.05, 3.63) is 0 Å². The van der Waals surface area contributed by atoms with E-state index in [9.17, 15) is 0 Å². The monoisotopic (exact) mass is 258 g/mol. The van der Waals surface area contributed by atoms with E-state index in [2.05, 4.69) is 11.8 Å². The van der Waals surface area contributed by atoms with Crippen LogP contribution in [0.5, 0.6) is 0 Å². The van der Waals surface area contributed by atoms with Gasteiger partial charge in [-0.1, -0.05) is 0 Å². The average molecular weight is 258 g/mol. The molecule has 0 spiro atoms. The molecule has 0 saturated carbocycles. The Morgan fingerprint density at radius 1 is 1.28 bits per heavy atom. The summed E-state index contributed by atoms with van der Waals surface area (Å²) in [6.07, 6.45) is 3.73. The second-order valence-electron chi connectivity index (χ2n) is 5.67. The molecule has 2 heterocycles. The fourth-order valence-electron chi connectivity index (χ4n) is 3.02. The first kappa shape index (κ1) is 14.2. The normalized spacial score (nSPS) is 31.8. The number of nitrogens with two attached hydrogens (primary N) is 1. The molecule has 5 nitrogen and oxygen atoms in total. The first-order valence-corrected chi connectivity index (χ1v) is 6.77. The van der Waals surface area contributed by atoms with Gasteiger partial charge in [0.15, 0.2) is 6.29 Å². The minimum absolute atomic E-state index is 0.0820. The Hall–Kier alpha value is -0.200. The molecular weight excluding hydrogens is 232 g/mol. The Bertz CT molecular complexity index is 261. The molecule has 106 valence electrons. The van der Waals surface area contributed by atoms with Gasteiger partial charge in [-0.25, -0.2) is 0 Å². The molecule has 2 rings (SSSR count). The van der Waals surface area contributed by atoms with E-state index in [-0.39, 0.29) is 11.8 Å². The lowest BCUT2D eigenvalue weighted by atomic mass is 9.93. The van der Waals surface area contributed by atoms with Crippen LogP contribution in [0.3, 0.4) is 0 Å². The van der Waals surface area contributed by atoms with Gasteiger partial charge < -0.3 is 19.9 Å². The van der Waals surface area contributed by atoms with Crippen molar-refractivity contribution < 1.29 is 14.2 Å². The molecule has 3 atom stereocenters. The quantitative estimate of drug-likeness (QED) is 0.706. The molecule has 0 aromatic rings. The first-order valence-electron chi connectivity index (χ1n) is 6.77. The van der Waals surface area contributed by atoms with Crippen LogP contribution in [-0.2, 0) is 14.2 Å². The molecule has 2 aliphatic heterocycles. The van der Waals surface area contributed by atoms with Crippen LogP contribution in [0, 0.1) is 0 Å². The molecular formula is C13H26N2O3. The maximum Gasteiger partial charge on any atom is 0.158 e. The molecule has 2 aliphatic rings. The van der Waals surface area contributed by atoms with Crippen molar-refractivity contribution >= 4 is 0 Å². The predicted octanol–water partition coefficient (Wildman–Crippen LogP) is 0.576. The van der Waals surface area contributed by atoms with Crippen LogP contribution in [-0.4, -0.2) is 62.8 Å². The summed E-state index contributed by atoms with van der Waals surface area (Å²) in [6, 6.07) is 0. The lowest BCUT2D eigenvalue weighted by Crippen LogP contribution is -2.59. The lowest BCUT2D eigenvalue weighted by molar-refractivity contribution is -0.142. The molecule has 3 unspecified atom stereocenters. The molecule has 2 saturated heterocycles. The number of likely N-dealkylation sites (tertiary alicyclic amines) is 1. The van der Waals surface area contributed by atoms with Crippen LogP contribution in [0.1, 0.15) is 26.2 Å². The van der Waals surface area contributed by atoms with E-state index in [1.807, 2.05) is 0 Å². The number of fused-ring (bicyclic) bond motifs is 2. The van der Waals surface area contributed by atoms with Gasteiger partial charge in [0.1, 0.15) is 0 Å². The highest BCUT2D eigenvalue weighted by molar-refractivity contribution is 4.95. The van der Waals surface area contributed by atoms with Gasteiger partial charge in [-0.15, -0.1) is 0 Å². The van der Waals surface area contributed by atoms with Gasteiger partial charge in [0.05, 0.1) is 12.2 Å². The van der Waals surface area contributed by atoms with Gasteiger partial charge in [-0.3, -0.25) is 4.90 Å². The van der Waals surface area contributed by atoms with Crippen LogP contribution in [0.25, 0.3) is 0 Å². The largest absolute Gasteiger partial charge is 0.372 e. The molecule has 0 radical (unpaired) electrons. The lowest BCUT2D eigenvalue weighted by Gasteiger charge is -2.45. The number of morpholine rings is 1. The molecule has 2 N–H and O–H groups in total. The molecule has 0 aromatic heterocycles. The fourth-order valence-corrected chi connectivity index (χ4v) is 3.02. The summed E-state index contributed by atoms with van der Waals surface area (Å²) in [5.41, 5.74) is 5.93. The Labute approximate surface area is 110 Å². The Balaban J connectivity index is 2.02. The number of rotatable bonds is 6. The zero-order valence-electron chi connectivity index (χ0n) is 11.7. The molecule has 18 heavy (non-hydrogen) atoms. The average Bonchev–Trinajstić information content (AvgIpc) is 2.74. The summed E-state index contributed by atoms with van der Waals surface area (Å²) in [6.45, 7) is 4.76. The summed E-state index contributed by atoms with van der Waals surface area (Å²) in [4.78, 5) is 2.46. The second kappa shape index (κ2) is 5.84. The van der Waals surface area contributed by atoms with E-state index < -0.39 is 0 Å². The highest BCUT2D eigenvalue weighted by Gasteiger charge is 2.42. The van der Waals surface area contributed by atoms with Crippen molar-refractivity contribution in [2.24, 2.45) is 5.73 Å². The number of hydrogen-bond donors (Lipinski definition) is 1. The highest BCUT2D eigenvalue weighted by atomic mass is 16.7. The minimum atomic E-state index is -0.195. The fraction of sp³-hybridized carbons (Fsp3) is 1.00. The zero-order chi connectivity index (χ0) is 13.2. The number of hydrogen-bond acceptors (Lipinski definition) is 5. The smallest absolute Gasteiger partial charge is 0.158 e. The topological polar surface area (TPSA) is 57.0 Å². The van der Waals surface area contributed by atoms with Gasteiger partial charge >= 0.3 is 0 Å². The summed E-state index contributed by atoms with van der Waals surface area (Å²) >= 11 is 0. The van der Waals surface area contributed by atoms with E-state index in [4.69, 9.17) is 19.9 Å². The molecule has 0 aliphatic carbocycles. The van der Waals surface area contributed by atoms with Crippen LogP contribution in [0.15, 0.2) is 0 Å². The second-order valence-corrected chi connectivity index (χ2v) is 5.67. The van der Waals surface area contributed by atoms with E-state index in [1.54, 1.807) is 14.2 Å². The Morgan fingerprint density at radius 3 is 2.28 bits per heavy atom. The van der Waals surface area contributed by atoms with Gasteiger partial charge in [0, 0.05) is 45.8 Å². The van der Waals surface area contributed by atoms with E-state index in [0.29, 0.717) is 18.8 Å². The van der Waals surface area contributed by atoms with Crippen molar-refractivity contribution in [2.45, 2.75) is 50.2 Å². The standard InChI is InChI=1S/C13H26N2O3/c1-13(9-14,6-12(16-2)17-3)15-7-10-4-5-11(8-15)18-10/h10-12H,4-9,14H2,1-3H3. The molecule has 5 heteroatoms. The van der Waals surface area contributed by atoms with Crippen molar-refractivity contribution in [3.63, 3.8) is 0 Å². The van der Waals surface area contributed by atoms with Gasteiger partial charge in [0.2, 0.25) is 0 Å². The number of nitrogens with zero attached hydrogens (tertiary/aromatic N) is 1. The van der Waals surface area contributed by atoms with Crippen molar-refractivity contribution in [3.8, 4) is 0 Å². The highest BCUT2D eigenvalue weighted by Crippen LogP contribution is 2.32. The number of ether oxygens (including phenoxy) is 3. The third-order valence-electron chi connectivity index (χ3n) is 4.38. The first-order chi connectivity index (χ1) is 8.61. The van der Waals surface area contributed by atoms with Crippen molar-refractivity contribution in [1.29, 1.82) is 0 Å². The van der Waals surface area contributed by atoms with E-state index in [1.165, 1.54) is 12.8 Å². The van der Waals surface area contributed by atoms with Gasteiger partial charge in [-0.2, -0.15) is 0 Å². The zero-order valence-corrected chi connectivity index (χ0v) is 11.7. The number of methoxy groups -OCH3 is 2. The van der Waals surface area contributed by atoms with Crippen LogP contribution < -0.4 is 5.73 Å². The van der Waals surface area contributed by atoms with Crippen LogP contribution >= 0.6 is 0 Å². The molecule has 0 aromatic carbocycles. The summed E-state index contributed by atoms with van der Waals surface area (Å²) in [5.74, 6) is 0. The summed E-state index contributed by atoms with van der Waals surface area (Å²) < 4.78 is 16.5. The van der Waals surface area contributed by atoms with Crippen molar-refractivity contribution in [2.75, 3.05) is 33.9 Å². The minimum Gasteiger partial charge on any atom is -0.372 e. The third kappa shape index (κ3) is 2.86. The van der Waals surface area contributed by atoms with E-state index in [0.717, 1.165) is 19.5 Å². The van der Waals surface area contributed by atoms with Crippen molar-refractivity contribution in [1.82, 2.24) is 4.90 Å². The molecule has 0 amide bonds. The van der Waals surface area contributed by atoms with Gasteiger partial charge in [0.25, 0.3) is 0 Å². The molecule has 2 fully saturated rings. The summed E-state index contributed by atoms with van der Waals surface area (Å²) in [7, 11) is 3.35. The molecule has 2 bridgehead atoms. The Kier molecular flexibility index (Phi) is 4.61. The maximum absolute atomic E-state index is 6.01. The Morgan fingerprint density at radius 2 is 1.83 bits per heavy atom. The van der Waals surface area contributed by atoms with Crippen LogP contribution in [0.4, 0.5) is 0 Å². The van der Waals surface area contributed by atoms with E-state index >= 15 is 0 Å². The maximum atomic E-state index is 6.01. The van der Waals surface area contributed by atoms with Crippen LogP contribution in [0.2, 0.25) is 0 Å². The predicted molar refractivity (Wildman–Crippen MR) is 69.4 cm³/mol. The summed E-state index contributed by atoms with van der Waals surface area (Å²) in [5, 5.41) is 0. The SMILES string of the molecule is COC(CC(C)(CN)N1CC2CCC(C1)O2)OC. The third-order valence-corrected chi connectivity index (χ3v) is 4.38. The van der Waals surface area contributed by atoms with Gasteiger partial charge in [-0.05, 0) is 19.8 Å².